The molecule has 0 bridgehead atoms. The molecule has 162 valence electrons. The lowest BCUT2D eigenvalue weighted by Gasteiger charge is -2.19. The number of ketones is 2. The van der Waals surface area contributed by atoms with E-state index in [0.717, 1.165) is 0 Å². The fourth-order valence-electron chi connectivity index (χ4n) is 3.81. The summed E-state index contributed by atoms with van der Waals surface area (Å²) in [7, 11) is 0. The van der Waals surface area contributed by atoms with Gasteiger partial charge in [0.15, 0.2) is 23.4 Å². The summed E-state index contributed by atoms with van der Waals surface area (Å²) >= 11 is 0. The lowest BCUT2D eigenvalue weighted by Crippen LogP contribution is -2.30. The zero-order valence-electron chi connectivity index (χ0n) is 17.4. The molecule has 4 aromatic rings. The van der Waals surface area contributed by atoms with Crippen LogP contribution < -0.4 is 5.32 Å². The van der Waals surface area contributed by atoms with Crippen LogP contribution in [0.25, 0.3) is 10.9 Å². The van der Waals surface area contributed by atoms with Crippen molar-refractivity contribution in [1.82, 2.24) is 10.2 Å². The Morgan fingerprint density at radius 3 is 2.27 bits per heavy atom. The fraction of sp³-hybridized carbons (Fsp3) is 0.0800. The van der Waals surface area contributed by atoms with E-state index in [-0.39, 0.29) is 28.4 Å². The van der Waals surface area contributed by atoms with Crippen molar-refractivity contribution in [3.63, 3.8) is 0 Å². The monoisotopic (exact) mass is 439 g/mol. The van der Waals surface area contributed by atoms with Crippen LogP contribution in [-0.2, 0) is 9.53 Å². The molecule has 1 atom stereocenters. The van der Waals surface area contributed by atoms with Crippen LogP contribution in [0.5, 0.6) is 0 Å². The summed E-state index contributed by atoms with van der Waals surface area (Å²) in [4.78, 5) is 50.7. The molecule has 1 aliphatic carbocycles. The molecule has 1 aliphatic rings. The zero-order chi connectivity index (χ0) is 23.1. The van der Waals surface area contributed by atoms with Crippen LogP contribution in [0.4, 0.5) is 5.69 Å². The van der Waals surface area contributed by atoms with E-state index in [1.165, 1.54) is 25.1 Å². The lowest BCUT2D eigenvalue weighted by molar-refractivity contribution is -0.123. The van der Waals surface area contributed by atoms with E-state index in [0.29, 0.717) is 27.7 Å². The number of ether oxygens (including phenoxy) is 1. The van der Waals surface area contributed by atoms with Gasteiger partial charge in [-0.25, -0.2) is 4.79 Å². The first-order valence-electron chi connectivity index (χ1n) is 10.2. The molecule has 0 fully saturated rings. The standard InChI is InChI=1S/C25H17N3O5/c1-13(33-25(32)21-18-8-4-5-9-20(18)27-28-21)24(31)26-14-10-11-17-19(12-14)23(30)16-7-3-2-6-15(16)22(17)29/h2-13H,1H3,(H,26,31)(H,27,28). The van der Waals surface area contributed by atoms with Crippen molar-refractivity contribution in [3.8, 4) is 0 Å². The average Bonchev–Trinajstić information content (AvgIpc) is 3.27. The molecule has 2 N–H and O–H groups in total. The van der Waals surface area contributed by atoms with Crippen molar-refractivity contribution in [2.45, 2.75) is 13.0 Å². The Kier molecular flexibility index (Phi) is 4.82. The number of H-pyrrole nitrogens is 1. The van der Waals surface area contributed by atoms with Gasteiger partial charge in [-0.2, -0.15) is 5.10 Å². The minimum atomic E-state index is -1.12. The number of carbonyl (C=O) groups excluding carboxylic acids is 4. The largest absolute Gasteiger partial charge is 0.448 e. The van der Waals surface area contributed by atoms with Gasteiger partial charge < -0.3 is 10.1 Å². The third kappa shape index (κ3) is 3.47. The number of hydrogen-bond acceptors (Lipinski definition) is 6. The van der Waals surface area contributed by atoms with E-state index >= 15 is 0 Å². The van der Waals surface area contributed by atoms with Gasteiger partial charge in [-0.3, -0.25) is 19.5 Å². The summed E-state index contributed by atoms with van der Waals surface area (Å²) in [5.74, 6) is -1.86. The normalized spacial score (nSPS) is 13.2. The number of nitrogens with zero attached hydrogens (tertiary/aromatic N) is 1. The van der Waals surface area contributed by atoms with Crippen molar-refractivity contribution in [1.29, 1.82) is 0 Å². The molecule has 8 nitrogen and oxygen atoms in total. The van der Waals surface area contributed by atoms with E-state index in [2.05, 4.69) is 15.5 Å². The van der Waals surface area contributed by atoms with Gasteiger partial charge >= 0.3 is 5.97 Å². The second kappa shape index (κ2) is 7.83. The van der Waals surface area contributed by atoms with Crippen LogP contribution in [0.15, 0.2) is 66.7 Å². The molecule has 33 heavy (non-hydrogen) atoms. The number of nitrogens with one attached hydrogen (secondary N) is 2. The maximum Gasteiger partial charge on any atom is 0.360 e. The second-order valence-electron chi connectivity index (χ2n) is 7.62. The Morgan fingerprint density at radius 1 is 0.879 bits per heavy atom. The number of amides is 1. The molecule has 1 unspecified atom stereocenters. The Hall–Kier alpha value is -4.59. The highest BCUT2D eigenvalue weighted by molar-refractivity contribution is 6.28. The third-order valence-electron chi connectivity index (χ3n) is 5.51. The molecule has 1 amide bonds. The maximum absolute atomic E-state index is 12.9. The molecule has 8 heteroatoms. The molecule has 3 aromatic carbocycles. The second-order valence-corrected chi connectivity index (χ2v) is 7.62. The predicted molar refractivity (Wildman–Crippen MR) is 119 cm³/mol. The SMILES string of the molecule is CC(OC(=O)c1n[nH]c2ccccc12)C(=O)Nc1ccc2c(c1)C(=O)c1ccccc1C2=O. The fourth-order valence-corrected chi connectivity index (χ4v) is 3.81. The summed E-state index contributed by atoms with van der Waals surface area (Å²) in [6, 6.07) is 18.2. The number of hydrogen-bond donors (Lipinski definition) is 2. The molecule has 0 saturated heterocycles. The minimum Gasteiger partial charge on any atom is -0.448 e. The Balaban J connectivity index is 1.32. The van der Waals surface area contributed by atoms with Crippen LogP contribution in [0.1, 0.15) is 49.3 Å². The summed E-state index contributed by atoms with van der Waals surface area (Å²) in [5, 5.41) is 9.94. The number of para-hydroxylation sites is 1. The van der Waals surface area contributed by atoms with Crippen molar-refractivity contribution in [3.05, 3.63) is 94.7 Å². The van der Waals surface area contributed by atoms with Gasteiger partial charge in [0, 0.05) is 33.3 Å². The Morgan fingerprint density at radius 2 is 1.52 bits per heavy atom. The number of benzene rings is 3. The zero-order valence-corrected chi connectivity index (χ0v) is 17.4. The molecule has 0 saturated carbocycles. The summed E-state index contributed by atoms with van der Waals surface area (Å²) < 4.78 is 5.28. The van der Waals surface area contributed by atoms with Crippen molar-refractivity contribution < 1.29 is 23.9 Å². The van der Waals surface area contributed by atoms with Crippen LogP contribution >= 0.6 is 0 Å². The van der Waals surface area contributed by atoms with Gasteiger partial charge in [0.25, 0.3) is 5.91 Å². The number of aromatic nitrogens is 2. The van der Waals surface area contributed by atoms with Crippen LogP contribution in [0, 0.1) is 0 Å². The van der Waals surface area contributed by atoms with Gasteiger partial charge in [-0.05, 0) is 31.2 Å². The first-order chi connectivity index (χ1) is 15.9. The van der Waals surface area contributed by atoms with Crippen LogP contribution in [-0.4, -0.2) is 39.7 Å². The van der Waals surface area contributed by atoms with Crippen molar-refractivity contribution in [2.24, 2.45) is 0 Å². The van der Waals surface area contributed by atoms with E-state index in [1.54, 1.807) is 48.5 Å². The number of carbonyl (C=O) groups is 4. The number of anilines is 1. The summed E-state index contributed by atoms with van der Waals surface area (Å²) in [5.41, 5.74) is 2.25. The van der Waals surface area contributed by atoms with Crippen molar-refractivity contribution in [2.75, 3.05) is 5.32 Å². The van der Waals surface area contributed by atoms with Gasteiger partial charge in [-0.15, -0.1) is 0 Å². The van der Waals surface area contributed by atoms with Gasteiger partial charge in [0.05, 0.1) is 5.52 Å². The highest BCUT2D eigenvalue weighted by Crippen LogP contribution is 2.29. The number of aromatic amines is 1. The number of esters is 1. The first kappa shape index (κ1) is 20.3. The Labute approximate surface area is 187 Å². The molecule has 0 radical (unpaired) electrons. The quantitative estimate of drug-likeness (QED) is 0.414. The summed E-state index contributed by atoms with van der Waals surface area (Å²) in [6.07, 6.45) is -1.12. The maximum atomic E-state index is 12.9. The van der Waals surface area contributed by atoms with Crippen molar-refractivity contribution >= 4 is 40.0 Å². The predicted octanol–water partition coefficient (Wildman–Crippen LogP) is 3.52. The Bertz CT molecular complexity index is 1470. The summed E-state index contributed by atoms with van der Waals surface area (Å²) in [6.45, 7) is 1.44. The van der Waals surface area contributed by atoms with E-state index in [1.807, 2.05) is 0 Å². The number of rotatable bonds is 4. The minimum absolute atomic E-state index is 0.0850. The third-order valence-corrected chi connectivity index (χ3v) is 5.51. The molecular formula is C25H17N3O5. The average molecular weight is 439 g/mol. The lowest BCUT2D eigenvalue weighted by atomic mass is 9.84. The topological polar surface area (TPSA) is 118 Å². The molecule has 1 aromatic heterocycles. The van der Waals surface area contributed by atoms with Gasteiger partial charge in [0.1, 0.15) is 0 Å². The molecular weight excluding hydrogens is 422 g/mol. The molecule has 0 spiro atoms. The molecule has 5 rings (SSSR count). The highest BCUT2D eigenvalue weighted by Gasteiger charge is 2.30. The van der Waals surface area contributed by atoms with Gasteiger partial charge in [0.2, 0.25) is 0 Å². The smallest absolute Gasteiger partial charge is 0.360 e. The molecule has 1 heterocycles. The molecule has 0 aliphatic heterocycles. The van der Waals surface area contributed by atoms with Gasteiger partial charge in [-0.1, -0.05) is 42.5 Å². The van der Waals surface area contributed by atoms with E-state index in [4.69, 9.17) is 4.74 Å². The number of fused-ring (bicyclic) bond motifs is 3. The van der Waals surface area contributed by atoms with Crippen LogP contribution in [0.2, 0.25) is 0 Å². The van der Waals surface area contributed by atoms with E-state index in [9.17, 15) is 19.2 Å². The first-order valence-corrected chi connectivity index (χ1v) is 10.2. The van der Waals surface area contributed by atoms with E-state index < -0.39 is 18.0 Å². The van der Waals surface area contributed by atoms with Crippen LogP contribution in [0.3, 0.4) is 0 Å². The highest BCUT2D eigenvalue weighted by atomic mass is 16.5.